The molecule has 0 unspecified atom stereocenters. The molecule has 4 aliphatic rings. The van der Waals surface area contributed by atoms with E-state index in [1.807, 2.05) is 0 Å². The maximum atomic E-state index is 13.7. The summed E-state index contributed by atoms with van der Waals surface area (Å²) in [5.41, 5.74) is -6.04. The Labute approximate surface area is 261 Å². The summed E-state index contributed by atoms with van der Waals surface area (Å²) < 4.78 is 27.4. The molecule has 0 radical (unpaired) electrons. The number of benzene rings is 2. The minimum absolute atomic E-state index is 0.0148. The summed E-state index contributed by atoms with van der Waals surface area (Å²) in [6.45, 7) is 3.16. The molecule has 3 aliphatic heterocycles. The topological polar surface area (TPSA) is 212 Å². The van der Waals surface area contributed by atoms with Crippen molar-refractivity contribution < 1.29 is 68.1 Å². The fourth-order valence-corrected chi connectivity index (χ4v) is 7.00. The van der Waals surface area contributed by atoms with Gasteiger partial charge in [0.05, 0.1) is 32.6 Å². The summed E-state index contributed by atoms with van der Waals surface area (Å²) in [5.74, 6) is -8.17. The second kappa shape index (κ2) is 10.5. The molecular weight excluding hydrogens is 608 g/mol. The molecule has 0 bridgehead atoms. The lowest BCUT2D eigenvalue weighted by Crippen LogP contribution is -2.64. The molecular formula is C32H30O14. The number of aromatic hydroxyl groups is 2. The van der Waals surface area contributed by atoms with Crippen molar-refractivity contribution in [1.29, 1.82) is 0 Å². The summed E-state index contributed by atoms with van der Waals surface area (Å²) in [4.78, 5) is 65.3. The van der Waals surface area contributed by atoms with Crippen LogP contribution in [0.5, 0.6) is 23.0 Å². The Morgan fingerprint density at radius 2 is 1.52 bits per heavy atom. The van der Waals surface area contributed by atoms with Crippen LogP contribution in [0.15, 0.2) is 29.8 Å². The molecule has 1 saturated heterocycles. The van der Waals surface area contributed by atoms with Crippen LogP contribution in [0.25, 0.3) is 16.9 Å². The predicted octanol–water partition coefficient (Wildman–Crippen LogP) is 2.14. The fourth-order valence-electron chi connectivity index (χ4n) is 7.00. The average Bonchev–Trinajstić information content (AvgIpc) is 3.36. The first kappa shape index (κ1) is 30.9. The van der Waals surface area contributed by atoms with Crippen molar-refractivity contribution in [1.82, 2.24) is 0 Å². The van der Waals surface area contributed by atoms with Gasteiger partial charge >= 0.3 is 17.9 Å². The van der Waals surface area contributed by atoms with Crippen molar-refractivity contribution in [3.8, 4) is 34.1 Å². The molecule has 2 aromatic rings. The van der Waals surface area contributed by atoms with Crippen molar-refractivity contribution in [3.63, 3.8) is 0 Å². The van der Waals surface area contributed by atoms with Gasteiger partial charge in [-0.05, 0) is 30.2 Å². The van der Waals surface area contributed by atoms with Crippen molar-refractivity contribution in [3.05, 3.63) is 41.0 Å². The van der Waals surface area contributed by atoms with Crippen LogP contribution >= 0.6 is 0 Å². The summed E-state index contributed by atoms with van der Waals surface area (Å²) in [6.07, 6.45) is -3.74. The number of ketones is 2. The summed E-state index contributed by atoms with van der Waals surface area (Å²) in [7, 11) is 2.10. The number of fused-ring (bicyclic) bond motifs is 3. The number of cyclic esters (lactones) is 1. The fraction of sp³-hybridized carbons (Fsp3) is 0.406. The number of phenolic OH excluding ortho intramolecular Hbond substituents is 2. The van der Waals surface area contributed by atoms with Gasteiger partial charge in [-0.15, -0.1) is 0 Å². The normalized spacial score (nSPS) is 29.9. The second-order valence-corrected chi connectivity index (χ2v) is 11.9. The Morgan fingerprint density at radius 1 is 0.848 bits per heavy atom. The van der Waals surface area contributed by atoms with E-state index in [4.69, 9.17) is 23.7 Å². The number of phenols is 2. The highest BCUT2D eigenvalue weighted by Crippen LogP contribution is 2.55. The van der Waals surface area contributed by atoms with E-state index >= 15 is 0 Å². The van der Waals surface area contributed by atoms with Gasteiger partial charge < -0.3 is 44.1 Å². The molecule has 46 heavy (non-hydrogen) atoms. The molecule has 3 heterocycles. The van der Waals surface area contributed by atoms with Gasteiger partial charge in [-0.25, -0.2) is 9.59 Å². The van der Waals surface area contributed by atoms with E-state index < -0.39 is 105 Å². The van der Waals surface area contributed by atoms with E-state index in [2.05, 4.69) is 0 Å². The maximum Gasteiger partial charge on any atom is 0.358 e. The zero-order valence-electron chi connectivity index (χ0n) is 25.1. The number of Topliss-reactive ketones (excluding diaryl/α,β-unsaturated/α-hetero) is 2. The molecule has 6 rings (SSSR count). The summed E-state index contributed by atoms with van der Waals surface area (Å²) in [5, 5.41) is 44.9. The Morgan fingerprint density at radius 3 is 2.15 bits per heavy atom. The van der Waals surface area contributed by atoms with E-state index in [9.17, 15) is 44.4 Å². The molecule has 0 aromatic heterocycles. The highest BCUT2D eigenvalue weighted by atomic mass is 16.6. The summed E-state index contributed by atoms with van der Waals surface area (Å²) in [6, 6.07) is 4.98. The van der Waals surface area contributed by atoms with E-state index in [1.54, 1.807) is 6.92 Å². The van der Waals surface area contributed by atoms with Crippen LogP contribution in [0.2, 0.25) is 0 Å². The Balaban J connectivity index is 1.53. The van der Waals surface area contributed by atoms with Crippen LogP contribution in [-0.4, -0.2) is 87.5 Å². The lowest BCUT2D eigenvalue weighted by molar-refractivity contribution is -0.177. The van der Waals surface area contributed by atoms with Gasteiger partial charge in [0, 0.05) is 23.5 Å². The summed E-state index contributed by atoms with van der Waals surface area (Å²) >= 11 is 0. The number of hydrogen-bond donors (Lipinski definition) is 4. The van der Waals surface area contributed by atoms with Crippen molar-refractivity contribution in [2.75, 3.05) is 14.2 Å². The lowest BCUT2D eigenvalue weighted by atomic mass is 9.69. The molecule has 1 saturated carbocycles. The molecule has 2 fully saturated rings. The second-order valence-electron chi connectivity index (χ2n) is 11.9. The number of aliphatic hydroxyl groups is 2. The Hall–Kier alpha value is -5.11. The zero-order chi connectivity index (χ0) is 33.5. The van der Waals surface area contributed by atoms with E-state index in [1.165, 1.54) is 25.1 Å². The molecule has 14 heteroatoms. The molecule has 2 aromatic carbocycles. The average molecular weight is 639 g/mol. The monoisotopic (exact) mass is 638 g/mol. The van der Waals surface area contributed by atoms with Gasteiger partial charge in [-0.3, -0.25) is 14.4 Å². The molecule has 1 aliphatic carbocycles. The van der Waals surface area contributed by atoms with E-state index in [0.717, 1.165) is 20.3 Å². The zero-order valence-corrected chi connectivity index (χ0v) is 25.1. The molecule has 14 nitrogen and oxygen atoms in total. The Bertz CT molecular complexity index is 1770. The van der Waals surface area contributed by atoms with Crippen LogP contribution in [-0.2, 0) is 33.4 Å². The van der Waals surface area contributed by atoms with Crippen molar-refractivity contribution >= 4 is 35.2 Å². The number of carbonyl (C=O) groups is 5. The smallest absolute Gasteiger partial charge is 0.358 e. The standard InChI is InChI=1S/C32H30O14/c1-12-9-17(34)23-25(38)22-16(33)7-5-15(26(22)46-32(23,27(12)39)30(41)43-4)14-6-8-19-21(24(14)37)18(35)11-31(45-19,29(40)42-3)28-13(2)10-20(36)44-28/h5-8,12-13,27-28,33,37-39H,9-11H2,1-4H3/t12-,13-,27+,28+,31+,32+/m0/s1. The first-order valence-corrected chi connectivity index (χ1v) is 14.4. The highest BCUT2D eigenvalue weighted by molar-refractivity contribution is 6.13. The molecule has 0 spiro atoms. The minimum Gasteiger partial charge on any atom is -0.507 e. The first-order chi connectivity index (χ1) is 21.7. The van der Waals surface area contributed by atoms with Gasteiger partial charge in [0.2, 0.25) is 5.60 Å². The van der Waals surface area contributed by atoms with Gasteiger partial charge in [0.25, 0.3) is 5.60 Å². The van der Waals surface area contributed by atoms with E-state index in [0.29, 0.717) is 0 Å². The van der Waals surface area contributed by atoms with Crippen LogP contribution in [0.1, 0.15) is 49.0 Å². The van der Waals surface area contributed by atoms with Crippen molar-refractivity contribution in [2.45, 2.75) is 56.5 Å². The molecule has 6 atom stereocenters. The maximum absolute atomic E-state index is 13.7. The largest absolute Gasteiger partial charge is 0.507 e. The number of carbonyl (C=O) groups excluding carboxylic acids is 5. The number of methoxy groups -OCH3 is 2. The predicted molar refractivity (Wildman–Crippen MR) is 153 cm³/mol. The van der Waals surface area contributed by atoms with Gasteiger partial charge in [0.1, 0.15) is 46.0 Å². The van der Waals surface area contributed by atoms with Crippen LogP contribution < -0.4 is 9.47 Å². The highest BCUT2D eigenvalue weighted by Gasteiger charge is 2.64. The molecule has 242 valence electrons. The van der Waals surface area contributed by atoms with Crippen LogP contribution in [0, 0.1) is 11.8 Å². The first-order valence-electron chi connectivity index (χ1n) is 14.4. The van der Waals surface area contributed by atoms with Gasteiger partial charge in [-0.2, -0.15) is 0 Å². The van der Waals surface area contributed by atoms with Crippen molar-refractivity contribution in [2.24, 2.45) is 11.8 Å². The SMILES string of the molecule is COC(=O)[C@@]12Oc3c(-c4ccc5c(c4O)C(=O)C[C@](C(=O)OC)([C@@H]4OC(=O)C[C@@H]4C)O5)ccc(O)c3C(O)=C1C(=O)C[C@H](C)[C@H]2O. The third-order valence-corrected chi connectivity index (χ3v) is 9.15. The van der Waals surface area contributed by atoms with Gasteiger partial charge in [-0.1, -0.05) is 13.8 Å². The van der Waals surface area contributed by atoms with Crippen LogP contribution in [0.3, 0.4) is 0 Å². The van der Waals surface area contributed by atoms with E-state index in [-0.39, 0.29) is 35.3 Å². The lowest BCUT2D eigenvalue weighted by Gasteiger charge is -2.45. The molecule has 0 amide bonds. The molecule has 4 N–H and O–H groups in total. The number of esters is 3. The third-order valence-electron chi connectivity index (χ3n) is 9.15. The van der Waals surface area contributed by atoms with Crippen LogP contribution in [0.4, 0.5) is 0 Å². The van der Waals surface area contributed by atoms with Gasteiger partial charge in [0.15, 0.2) is 17.7 Å². The minimum atomic E-state index is -2.53. The number of ether oxygens (including phenoxy) is 5. The number of hydrogen-bond acceptors (Lipinski definition) is 14. The quantitative estimate of drug-likeness (QED) is 0.279. The number of aliphatic hydroxyl groups excluding tert-OH is 2. The number of rotatable bonds is 4. The third kappa shape index (κ3) is 4.02. The Kier molecular flexibility index (Phi) is 7.04.